The summed E-state index contributed by atoms with van der Waals surface area (Å²) < 4.78 is 13.4. The summed E-state index contributed by atoms with van der Waals surface area (Å²) in [6.07, 6.45) is 0.340. The Labute approximate surface area is 95.6 Å². The van der Waals surface area contributed by atoms with Gasteiger partial charge in [-0.3, -0.25) is 4.79 Å². The van der Waals surface area contributed by atoms with Crippen molar-refractivity contribution >= 4 is 27.5 Å². The Balaban J connectivity index is 2.74. The third-order valence-corrected chi connectivity index (χ3v) is 2.59. The summed E-state index contributed by atoms with van der Waals surface area (Å²) in [4.78, 5) is 22.1. The van der Waals surface area contributed by atoms with E-state index in [0.717, 1.165) is 0 Å². The molecule has 0 spiro atoms. The molecule has 0 radical (unpaired) electrons. The van der Waals surface area contributed by atoms with E-state index in [-0.39, 0.29) is 24.4 Å². The predicted molar refractivity (Wildman–Crippen MR) is 58.3 cm³/mol. The van der Waals surface area contributed by atoms with E-state index >= 15 is 0 Å². The van der Waals surface area contributed by atoms with Crippen LogP contribution in [0.1, 0.15) is 30.1 Å². The van der Waals surface area contributed by atoms with Crippen molar-refractivity contribution < 1.29 is 14.0 Å². The summed E-state index contributed by atoms with van der Waals surface area (Å²) >= 11 is 3.00. The smallest absolute Gasteiger partial charge is 0.163 e. The second-order valence-electron chi connectivity index (χ2n) is 3.25. The average molecular weight is 273 g/mol. The zero-order chi connectivity index (χ0) is 11.4. The maximum atomic E-state index is 13.1. The SMILES string of the molecule is CC(=O)CCC(=O)c1ccc(Br)c(F)c1. The molecule has 0 unspecified atom stereocenters. The van der Waals surface area contributed by atoms with E-state index in [9.17, 15) is 14.0 Å². The largest absolute Gasteiger partial charge is 0.300 e. The molecule has 0 N–H and O–H groups in total. The van der Waals surface area contributed by atoms with Gasteiger partial charge in [-0.25, -0.2) is 4.39 Å². The van der Waals surface area contributed by atoms with Gasteiger partial charge in [0.25, 0.3) is 0 Å². The van der Waals surface area contributed by atoms with Gasteiger partial charge in [0.15, 0.2) is 5.78 Å². The number of ketones is 2. The molecule has 15 heavy (non-hydrogen) atoms. The maximum Gasteiger partial charge on any atom is 0.163 e. The number of rotatable bonds is 4. The van der Waals surface area contributed by atoms with Crippen LogP contribution >= 0.6 is 15.9 Å². The van der Waals surface area contributed by atoms with Crippen LogP contribution in [0.3, 0.4) is 0 Å². The molecule has 2 nitrogen and oxygen atoms in total. The van der Waals surface area contributed by atoms with E-state index < -0.39 is 5.82 Å². The number of carbonyl (C=O) groups is 2. The van der Waals surface area contributed by atoms with Gasteiger partial charge in [0.2, 0.25) is 0 Å². The second kappa shape index (κ2) is 5.16. The van der Waals surface area contributed by atoms with E-state index in [0.29, 0.717) is 10.0 Å². The molecule has 0 saturated heterocycles. The molecule has 0 amide bonds. The van der Waals surface area contributed by atoms with Crippen LogP contribution in [0.15, 0.2) is 22.7 Å². The third kappa shape index (κ3) is 3.55. The summed E-state index contributed by atoms with van der Waals surface area (Å²) in [5.74, 6) is -0.721. The molecular formula is C11H10BrFO2. The summed E-state index contributed by atoms with van der Waals surface area (Å²) in [5, 5.41) is 0. The zero-order valence-corrected chi connectivity index (χ0v) is 9.80. The highest BCUT2D eigenvalue weighted by Gasteiger charge is 2.09. The number of halogens is 2. The van der Waals surface area contributed by atoms with Crippen molar-refractivity contribution in [2.75, 3.05) is 0 Å². The van der Waals surface area contributed by atoms with Crippen molar-refractivity contribution in [3.63, 3.8) is 0 Å². The van der Waals surface area contributed by atoms with Crippen LogP contribution in [0, 0.1) is 5.82 Å². The Bertz CT molecular complexity index is 402. The molecule has 0 aromatic heterocycles. The number of hydrogen-bond donors (Lipinski definition) is 0. The van der Waals surface area contributed by atoms with Gasteiger partial charge in [0.05, 0.1) is 4.47 Å². The van der Waals surface area contributed by atoms with Crippen LogP contribution in [0.5, 0.6) is 0 Å². The Morgan fingerprint density at radius 1 is 1.33 bits per heavy atom. The molecule has 0 atom stereocenters. The zero-order valence-electron chi connectivity index (χ0n) is 8.22. The summed E-state index contributed by atoms with van der Waals surface area (Å²) in [6, 6.07) is 4.19. The molecule has 0 bridgehead atoms. The Morgan fingerprint density at radius 3 is 2.53 bits per heavy atom. The van der Waals surface area contributed by atoms with Gasteiger partial charge >= 0.3 is 0 Å². The van der Waals surface area contributed by atoms with Crippen molar-refractivity contribution in [3.8, 4) is 0 Å². The van der Waals surface area contributed by atoms with Crippen LogP contribution in [0.4, 0.5) is 4.39 Å². The lowest BCUT2D eigenvalue weighted by atomic mass is 10.1. The van der Waals surface area contributed by atoms with Crippen molar-refractivity contribution in [3.05, 3.63) is 34.1 Å². The van der Waals surface area contributed by atoms with Crippen molar-refractivity contribution in [1.29, 1.82) is 0 Å². The van der Waals surface area contributed by atoms with Gasteiger partial charge < -0.3 is 4.79 Å². The fraction of sp³-hybridized carbons (Fsp3) is 0.273. The monoisotopic (exact) mass is 272 g/mol. The van der Waals surface area contributed by atoms with Crippen LogP contribution < -0.4 is 0 Å². The molecule has 0 heterocycles. The van der Waals surface area contributed by atoms with Crippen LogP contribution in [-0.2, 0) is 4.79 Å². The first-order valence-electron chi connectivity index (χ1n) is 4.48. The van der Waals surface area contributed by atoms with Gasteiger partial charge in [-0.1, -0.05) is 6.07 Å². The molecule has 80 valence electrons. The minimum Gasteiger partial charge on any atom is -0.300 e. The molecule has 0 aliphatic carbocycles. The summed E-state index contributed by atoms with van der Waals surface area (Å²) in [5.41, 5.74) is 0.303. The van der Waals surface area contributed by atoms with Crippen LogP contribution in [0.2, 0.25) is 0 Å². The highest BCUT2D eigenvalue weighted by Crippen LogP contribution is 2.17. The molecular weight excluding hydrogens is 263 g/mol. The van der Waals surface area contributed by atoms with E-state index in [1.165, 1.54) is 25.1 Å². The van der Waals surface area contributed by atoms with Crippen LogP contribution in [0.25, 0.3) is 0 Å². The molecule has 4 heteroatoms. The van der Waals surface area contributed by atoms with Gasteiger partial charge in [0.1, 0.15) is 11.6 Å². The summed E-state index contributed by atoms with van der Waals surface area (Å²) in [7, 11) is 0. The quantitative estimate of drug-likeness (QED) is 0.790. The third-order valence-electron chi connectivity index (χ3n) is 1.95. The topological polar surface area (TPSA) is 34.1 Å². The molecule has 0 fully saturated rings. The normalized spacial score (nSPS) is 10.1. The highest BCUT2D eigenvalue weighted by molar-refractivity contribution is 9.10. The molecule has 1 aromatic rings. The second-order valence-corrected chi connectivity index (χ2v) is 4.11. The number of carbonyl (C=O) groups excluding carboxylic acids is 2. The standard InChI is InChI=1S/C11H10BrFO2/c1-7(14)2-5-11(15)8-3-4-9(12)10(13)6-8/h3-4,6H,2,5H2,1H3. The van der Waals surface area contributed by atoms with E-state index in [2.05, 4.69) is 15.9 Å². The predicted octanol–water partition coefficient (Wildman–Crippen LogP) is 3.14. The van der Waals surface area contributed by atoms with Gasteiger partial charge in [-0.2, -0.15) is 0 Å². The Morgan fingerprint density at radius 2 is 2.00 bits per heavy atom. The van der Waals surface area contributed by atoms with Crippen molar-refractivity contribution in [1.82, 2.24) is 0 Å². The summed E-state index contributed by atoms with van der Waals surface area (Å²) in [6.45, 7) is 1.43. The van der Waals surface area contributed by atoms with Gasteiger partial charge in [-0.15, -0.1) is 0 Å². The fourth-order valence-electron chi connectivity index (χ4n) is 1.10. The first kappa shape index (κ1) is 12.0. The lowest BCUT2D eigenvalue weighted by Crippen LogP contribution is -2.02. The molecule has 0 saturated carbocycles. The number of benzene rings is 1. The minimum atomic E-state index is -0.469. The van der Waals surface area contributed by atoms with Gasteiger partial charge in [0, 0.05) is 18.4 Å². The molecule has 1 aromatic carbocycles. The van der Waals surface area contributed by atoms with Gasteiger partial charge in [-0.05, 0) is 35.0 Å². The maximum absolute atomic E-state index is 13.1. The van der Waals surface area contributed by atoms with E-state index in [1.807, 2.05) is 0 Å². The average Bonchev–Trinajstić information content (AvgIpc) is 2.18. The molecule has 0 aliphatic rings. The Kier molecular flexibility index (Phi) is 4.15. The molecule has 1 rings (SSSR count). The van der Waals surface area contributed by atoms with Crippen LogP contribution in [-0.4, -0.2) is 11.6 Å². The first-order valence-corrected chi connectivity index (χ1v) is 5.27. The Hall–Kier alpha value is -1.03. The number of hydrogen-bond acceptors (Lipinski definition) is 2. The molecule has 0 aliphatic heterocycles. The van der Waals surface area contributed by atoms with E-state index in [4.69, 9.17) is 0 Å². The minimum absolute atomic E-state index is 0.0408. The highest BCUT2D eigenvalue weighted by atomic mass is 79.9. The fourth-order valence-corrected chi connectivity index (χ4v) is 1.35. The lowest BCUT2D eigenvalue weighted by molar-refractivity contribution is -0.116. The first-order chi connectivity index (χ1) is 7.00. The van der Waals surface area contributed by atoms with Crippen molar-refractivity contribution in [2.24, 2.45) is 0 Å². The lowest BCUT2D eigenvalue weighted by Gasteiger charge is -2.00. The van der Waals surface area contributed by atoms with E-state index in [1.54, 1.807) is 0 Å². The van der Waals surface area contributed by atoms with Crippen molar-refractivity contribution in [2.45, 2.75) is 19.8 Å². The number of Topliss-reactive ketones (excluding diaryl/α,β-unsaturated/α-hetero) is 2.